The van der Waals surface area contributed by atoms with Gasteiger partial charge in [0.15, 0.2) is 0 Å². The zero-order valence-corrected chi connectivity index (χ0v) is 11.3. The Hall–Kier alpha value is -1.13. The Labute approximate surface area is 111 Å². The first-order chi connectivity index (χ1) is 8.83. The molecule has 3 rings (SSSR count). The van der Waals surface area contributed by atoms with E-state index in [0.717, 1.165) is 18.7 Å². The van der Waals surface area contributed by atoms with Crippen molar-refractivity contribution < 1.29 is 0 Å². The molecule has 1 aliphatic carbocycles. The number of anilines is 1. The van der Waals surface area contributed by atoms with Crippen molar-refractivity contribution >= 4 is 27.2 Å². The third kappa shape index (κ3) is 2.10. The van der Waals surface area contributed by atoms with E-state index in [1.165, 1.54) is 29.3 Å². The summed E-state index contributed by atoms with van der Waals surface area (Å²) >= 11 is 1.76. The molecule has 0 radical (unpaired) electrons. The molecule has 0 atom stereocenters. The van der Waals surface area contributed by atoms with Gasteiger partial charge in [0, 0.05) is 22.8 Å². The van der Waals surface area contributed by atoms with Crippen LogP contribution in [0.5, 0.6) is 0 Å². The van der Waals surface area contributed by atoms with Gasteiger partial charge in [-0.05, 0) is 30.4 Å². The maximum Gasteiger partial charge on any atom is 0.135 e. The van der Waals surface area contributed by atoms with Crippen molar-refractivity contribution in [3.8, 4) is 0 Å². The predicted octanol–water partition coefficient (Wildman–Crippen LogP) is 3.37. The Kier molecular flexibility index (Phi) is 3.22. The number of rotatable bonds is 3. The molecular weight excluding hydrogens is 242 g/mol. The van der Waals surface area contributed by atoms with Gasteiger partial charge in [-0.25, -0.2) is 4.98 Å². The van der Waals surface area contributed by atoms with Crippen molar-refractivity contribution in [3.63, 3.8) is 0 Å². The van der Waals surface area contributed by atoms with Gasteiger partial charge in [0.1, 0.15) is 5.82 Å². The molecule has 0 spiro atoms. The minimum Gasteiger partial charge on any atom is -0.363 e. The van der Waals surface area contributed by atoms with E-state index in [0.29, 0.717) is 6.54 Å². The number of thiophene rings is 1. The highest BCUT2D eigenvalue weighted by atomic mass is 32.1. The maximum absolute atomic E-state index is 6.02. The topological polar surface area (TPSA) is 50.9 Å². The third-order valence-electron chi connectivity index (χ3n) is 3.96. The molecule has 2 aromatic rings. The van der Waals surface area contributed by atoms with E-state index in [2.05, 4.69) is 27.8 Å². The molecule has 4 heteroatoms. The standard InChI is InChI=1S/C14H19N3S/c15-10-14(6-2-1-3-7-14)17-13-11-5-9-18-12(11)4-8-16-13/h4-5,8-9H,1-3,6-7,10,15H2,(H,16,17). The van der Waals surface area contributed by atoms with Crippen LogP contribution in [0.2, 0.25) is 0 Å². The Bertz CT molecular complexity index is 529. The average molecular weight is 261 g/mol. The van der Waals surface area contributed by atoms with Gasteiger partial charge in [-0.3, -0.25) is 0 Å². The summed E-state index contributed by atoms with van der Waals surface area (Å²) in [5.41, 5.74) is 6.07. The van der Waals surface area contributed by atoms with Crippen molar-refractivity contribution in [3.05, 3.63) is 23.7 Å². The molecule has 18 heavy (non-hydrogen) atoms. The van der Waals surface area contributed by atoms with Gasteiger partial charge in [0.25, 0.3) is 0 Å². The van der Waals surface area contributed by atoms with Crippen molar-refractivity contribution in [1.82, 2.24) is 4.98 Å². The Morgan fingerprint density at radius 2 is 2.11 bits per heavy atom. The number of fused-ring (bicyclic) bond motifs is 1. The van der Waals surface area contributed by atoms with Crippen LogP contribution < -0.4 is 11.1 Å². The summed E-state index contributed by atoms with van der Waals surface area (Å²) in [6, 6.07) is 4.21. The van der Waals surface area contributed by atoms with E-state index in [1.807, 2.05) is 6.20 Å². The SMILES string of the molecule is NCC1(Nc2nccc3sccc23)CCCCC1. The average Bonchev–Trinajstić information content (AvgIpc) is 2.89. The van der Waals surface area contributed by atoms with Crippen LogP contribution in [0, 0.1) is 0 Å². The number of nitrogens with one attached hydrogen (secondary N) is 1. The summed E-state index contributed by atoms with van der Waals surface area (Å²) in [4.78, 5) is 4.51. The van der Waals surface area contributed by atoms with Gasteiger partial charge >= 0.3 is 0 Å². The fraction of sp³-hybridized carbons (Fsp3) is 0.500. The molecule has 3 N–H and O–H groups in total. The lowest BCUT2D eigenvalue weighted by Crippen LogP contribution is -2.47. The first-order valence-electron chi connectivity index (χ1n) is 6.63. The number of nitrogens with two attached hydrogens (primary N) is 1. The molecule has 2 heterocycles. The molecule has 2 aromatic heterocycles. The number of hydrogen-bond donors (Lipinski definition) is 2. The van der Waals surface area contributed by atoms with Crippen LogP contribution in [0.3, 0.4) is 0 Å². The van der Waals surface area contributed by atoms with Gasteiger partial charge in [-0.2, -0.15) is 0 Å². The molecule has 1 saturated carbocycles. The highest BCUT2D eigenvalue weighted by molar-refractivity contribution is 7.17. The molecule has 0 unspecified atom stereocenters. The quantitative estimate of drug-likeness (QED) is 0.890. The van der Waals surface area contributed by atoms with Gasteiger partial charge in [0.2, 0.25) is 0 Å². The van der Waals surface area contributed by atoms with Crippen LogP contribution in [-0.4, -0.2) is 17.1 Å². The Morgan fingerprint density at radius 1 is 1.28 bits per heavy atom. The highest BCUT2D eigenvalue weighted by Crippen LogP contribution is 2.33. The number of pyridine rings is 1. The molecule has 0 amide bonds. The summed E-state index contributed by atoms with van der Waals surface area (Å²) in [6.45, 7) is 0.690. The second-order valence-corrected chi connectivity index (χ2v) is 6.11. The molecule has 0 saturated heterocycles. The lowest BCUT2D eigenvalue weighted by atomic mass is 9.81. The molecule has 3 nitrogen and oxygen atoms in total. The summed E-state index contributed by atoms with van der Waals surface area (Å²) in [6.07, 6.45) is 8.07. The van der Waals surface area contributed by atoms with E-state index >= 15 is 0 Å². The number of aromatic nitrogens is 1. The monoisotopic (exact) mass is 261 g/mol. The zero-order valence-electron chi connectivity index (χ0n) is 10.5. The molecular formula is C14H19N3S. The minimum absolute atomic E-state index is 0.0570. The van der Waals surface area contributed by atoms with Crippen molar-refractivity contribution in [2.75, 3.05) is 11.9 Å². The van der Waals surface area contributed by atoms with Crippen LogP contribution in [0.4, 0.5) is 5.82 Å². The van der Waals surface area contributed by atoms with Crippen molar-refractivity contribution in [2.24, 2.45) is 5.73 Å². The molecule has 0 aliphatic heterocycles. The van der Waals surface area contributed by atoms with Gasteiger partial charge in [0.05, 0.1) is 5.54 Å². The van der Waals surface area contributed by atoms with E-state index in [9.17, 15) is 0 Å². The fourth-order valence-electron chi connectivity index (χ4n) is 2.85. The van der Waals surface area contributed by atoms with Gasteiger partial charge < -0.3 is 11.1 Å². The first-order valence-corrected chi connectivity index (χ1v) is 7.51. The normalized spacial score (nSPS) is 18.9. The predicted molar refractivity (Wildman–Crippen MR) is 78.1 cm³/mol. The van der Waals surface area contributed by atoms with Crippen LogP contribution >= 0.6 is 11.3 Å². The zero-order chi connectivity index (χ0) is 12.4. The number of hydrogen-bond acceptors (Lipinski definition) is 4. The second kappa shape index (κ2) is 4.86. The molecule has 96 valence electrons. The van der Waals surface area contributed by atoms with E-state index in [4.69, 9.17) is 5.73 Å². The summed E-state index contributed by atoms with van der Waals surface area (Å²) < 4.78 is 1.29. The van der Waals surface area contributed by atoms with Gasteiger partial charge in [-0.1, -0.05) is 19.3 Å². The minimum atomic E-state index is 0.0570. The van der Waals surface area contributed by atoms with Crippen LogP contribution in [0.25, 0.3) is 10.1 Å². The summed E-state index contributed by atoms with van der Waals surface area (Å²) in [7, 11) is 0. The number of nitrogens with zero attached hydrogens (tertiary/aromatic N) is 1. The van der Waals surface area contributed by atoms with E-state index in [1.54, 1.807) is 11.3 Å². The molecule has 1 fully saturated rings. The second-order valence-electron chi connectivity index (χ2n) is 5.16. The largest absolute Gasteiger partial charge is 0.363 e. The first kappa shape index (κ1) is 11.9. The molecule has 0 bridgehead atoms. The molecule has 0 aromatic carbocycles. The van der Waals surface area contributed by atoms with Crippen LogP contribution in [0.1, 0.15) is 32.1 Å². The fourth-order valence-corrected chi connectivity index (χ4v) is 3.64. The maximum atomic E-state index is 6.02. The highest BCUT2D eigenvalue weighted by Gasteiger charge is 2.31. The third-order valence-corrected chi connectivity index (χ3v) is 4.85. The Balaban J connectivity index is 1.92. The van der Waals surface area contributed by atoms with Crippen molar-refractivity contribution in [2.45, 2.75) is 37.6 Å². The molecule has 1 aliphatic rings. The van der Waals surface area contributed by atoms with E-state index in [-0.39, 0.29) is 5.54 Å². The Morgan fingerprint density at radius 3 is 2.89 bits per heavy atom. The van der Waals surface area contributed by atoms with Crippen LogP contribution in [-0.2, 0) is 0 Å². The lowest BCUT2D eigenvalue weighted by molar-refractivity contribution is 0.330. The van der Waals surface area contributed by atoms with Crippen molar-refractivity contribution in [1.29, 1.82) is 0 Å². The van der Waals surface area contributed by atoms with Gasteiger partial charge in [-0.15, -0.1) is 11.3 Å². The smallest absolute Gasteiger partial charge is 0.135 e. The summed E-state index contributed by atoms with van der Waals surface area (Å²) in [5.74, 6) is 1.00. The van der Waals surface area contributed by atoms with Crippen LogP contribution in [0.15, 0.2) is 23.7 Å². The van der Waals surface area contributed by atoms with E-state index < -0.39 is 0 Å². The summed E-state index contributed by atoms with van der Waals surface area (Å²) in [5, 5.41) is 6.99. The lowest BCUT2D eigenvalue weighted by Gasteiger charge is -2.37.